The Bertz CT molecular complexity index is 1370. The van der Waals surface area contributed by atoms with Gasteiger partial charge in [0.25, 0.3) is 5.91 Å². The molecular formula is C27H24N2O3. The highest BCUT2D eigenvalue weighted by atomic mass is 16.3. The highest BCUT2D eigenvalue weighted by Crippen LogP contribution is 2.25. The first kappa shape index (κ1) is 21.1. The number of rotatable bonds is 4. The van der Waals surface area contributed by atoms with E-state index < -0.39 is 11.6 Å². The molecule has 0 atom stereocenters. The number of aryl methyl sites for hydroxylation is 2. The Kier molecular flexibility index (Phi) is 5.65. The Morgan fingerprint density at radius 3 is 2.25 bits per heavy atom. The number of allylic oxidation sites excluding steroid dienone is 1. The maximum absolute atomic E-state index is 13.3. The first-order valence-electron chi connectivity index (χ1n) is 10.3. The molecule has 0 bridgehead atoms. The molecule has 1 N–H and O–H groups in total. The van der Waals surface area contributed by atoms with Crippen molar-refractivity contribution in [2.75, 3.05) is 0 Å². The van der Waals surface area contributed by atoms with Crippen molar-refractivity contribution in [2.24, 2.45) is 0 Å². The number of carbonyl (C=O) groups is 1. The number of hydrogen-bond acceptors (Lipinski definition) is 3. The summed E-state index contributed by atoms with van der Waals surface area (Å²) in [7, 11) is 0. The van der Waals surface area contributed by atoms with Gasteiger partial charge < -0.3 is 5.11 Å². The summed E-state index contributed by atoms with van der Waals surface area (Å²) in [6.07, 6.45) is 4.65. The molecule has 4 aromatic rings. The van der Waals surface area contributed by atoms with Gasteiger partial charge in [-0.15, -0.1) is 0 Å². The van der Waals surface area contributed by atoms with Crippen molar-refractivity contribution in [1.82, 2.24) is 9.13 Å². The molecule has 5 nitrogen and oxygen atoms in total. The van der Waals surface area contributed by atoms with Crippen molar-refractivity contribution in [1.29, 1.82) is 0 Å². The molecule has 0 fully saturated rings. The standard InChI is InChI=1S/C27H24N2O3/c1-18-14-22(15-19(2)20(18)3)25-17-28(23-9-5-4-6-10-23)27(32)29(25)26(31)13-12-21-8-7-11-24(30)16-21/h4-17,30H,1-3H3/b13-12+. The van der Waals surface area contributed by atoms with Gasteiger partial charge in [0.05, 0.1) is 11.4 Å². The molecule has 5 heteroatoms. The third kappa shape index (κ3) is 4.05. The third-order valence-corrected chi connectivity index (χ3v) is 5.66. The van der Waals surface area contributed by atoms with Gasteiger partial charge in [0, 0.05) is 17.8 Å². The lowest BCUT2D eigenvalue weighted by atomic mass is 9.99. The predicted octanol–water partition coefficient (Wildman–Crippen LogP) is 5.29. The molecule has 0 saturated carbocycles. The minimum atomic E-state index is -0.459. The summed E-state index contributed by atoms with van der Waals surface area (Å²) in [4.78, 5) is 26.5. The average molecular weight is 425 g/mol. The lowest BCUT2D eigenvalue weighted by Crippen LogP contribution is -2.27. The number of hydrogen-bond donors (Lipinski definition) is 1. The van der Waals surface area contributed by atoms with Gasteiger partial charge >= 0.3 is 5.69 Å². The van der Waals surface area contributed by atoms with E-state index in [9.17, 15) is 14.7 Å². The van der Waals surface area contributed by atoms with Crippen molar-refractivity contribution in [3.63, 3.8) is 0 Å². The van der Waals surface area contributed by atoms with Gasteiger partial charge in [0.2, 0.25) is 0 Å². The van der Waals surface area contributed by atoms with Crippen molar-refractivity contribution < 1.29 is 9.90 Å². The summed E-state index contributed by atoms with van der Waals surface area (Å²) < 4.78 is 2.68. The number of phenols is 1. The second kappa shape index (κ2) is 8.55. The molecule has 4 rings (SSSR count). The van der Waals surface area contributed by atoms with Crippen LogP contribution in [0.5, 0.6) is 5.75 Å². The smallest absolute Gasteiger partial charge is 0.340 e. The van der Waals surface area contributed by atoms with Gasteiger partial charge in [-0.05, 0) is 85.5 Å². The van der Waals surface area contributed by atoms with Gasteiger partial charge in [-0.2, -0.15) is 0 Å². The minimum absolute atomic E-state index is 0.110. The van der Waals surface area contributed by atoms with Crippen LogP contribution >= 0.6 is 0 Å². The van der Waals surface area contributed by atoms with E-state index in [4.69, 9.17) is 0 Å². The fourth-order valence-electron chi connectivity index (χ4n) is 3.69. The zero-order valence-electron chi connectivity index (χ0n) is 18.2. The zero-order chi connectivity index (χ0) is 22.8. The van der Waals surface area contributed by atoms with Crippen molar-refractivity contribution in [3.05, 3.63) is 112 Å². The topological polar surface area (TPSA) is 64.2 Å². The second-order valence-electron chi connectivity index (χ2n) is 7.84. The van der Waals surface area contributed by atoms with Gasteiger partial charge in [0.1, 0.15) is 5.75 Å². The molecule has 0 aliphatic rings. The Balaban J connectivity index is 1.87. The molecule has 0 amide bonds. The van der Waals surface area contributed by atoms with Gasteiger partial charge in [-0.1, -0.05) is 30.3 Å². The molecule has 1 aromatic heterocycles. The van der Waals surface area contributed by atoms with Gasteiger partial charge in [-0.25, -0.2) is 9.36 Å². The Morgan fingerprint density at radius 2 is 1.59 bits per heavy atom. The Labute approximate surface area is 186 Å². The van der Waals surface area contributed by atoms with Crippen LogP contribution in [0.1, 0.15) is 27.0 Å². The highest BCUT2D eigenvalue weighted by Gasteiger charge is 2.19. The summed E-state index contributed by atoms with van der Waals surface area (Å²) in [5, 5.41) is 9.66. The van der Waals surface area contributed by atoms with E-state index in [0.717, 1.165) is 16.7 Å². The van der Waals surface area contributed by atoms with Crippen molar-refractivity contribution >= 4 is 12.0 Å². The maximum atomic E-state index is 13.3. The van der Waals surface area contributed by atoms with Crippen LogP contribution in [0, 0.1) is 20.8 Å². The number of benzene rings is 3. The fraction of sp³-hybridized carbons (Fsp3) is 0.111. The van der Waals surface area contributed by atoms with Crippen molar-refractivity contribution in [3.8, 4) is 22.7 Å². The molecule has 3 aromatic carbocycles. The number of phenolic OH excluding ortho intramolecular Hbond substituents is 1. The lowest BCUT2D eigenvalue weighted by Gasteiger charge is -2.10. The summed E-state index contributed by atoms with van der Waals surface area (Å²) in [5.74, 6) is -0.350. The summed E-state index contributed by atoms with van der Waals surface area (Å²) >= 11 is 0. The van der Waals surface area contributed by atoms with Crippen LogP contribution in [0.3, 0.4) is 0 Å². The van der Waals surface area contributed by atoms with E-state index in [-0.39, 0.29) is 5.75 Å². The van der Waals surface area contributed by atoms with E-state index in [1.807, 2.05) is 56.3 Å². The van der Waals surface area contributed by atoms with E-state index in [0.29, 0.717) is 16.9 Å². The molecule has 0 saturated heterocycles. The normalized spacial score (nSPS) is 11.2. The molecule has 32 heavy (non-hydrogen) atoms. The van der Waals surface area contributed by atoms with E-state index in [1.54, 1.807) is 36.5 Å². The summed E-state index contributed by atoms with van der Waals surface area (Å²) in [6, 6.07) is 19.8. The van der Waals surface area contributed by atoms with Crippen LogP contribution in [-0.2, 0) is 0 Å². The minimum Gasteiger partial charge on any atom is -0.508 e. The molecule has 0 radical (unpaired) electrons. The lowest BCUT2D eigenvalue weighted by molar-refractivity contribution is 0.0967. The van der Waals surface area contributed by atoms with Crippen LogP contribution in [-0.4, -0.2) is 20.1 Å². The number of aromatic hydroxyl groups is 1. The predicted molar refractivity (Wildman–Crippen MR) is 127 cm³/mol. The molecule has 0 aliphatic carbocycles. The molecule has 1 heterocycles. The Hall–Kier alpha value is -4.12. The molecule has 160 valence electrons. The van der Waals surface area contributed by atoms with E-state index >= 15 is 0 Å². The van der Waals surface area contributed by atoms with E-state index in [1.165, 1.54) is 20.8 Å². The van der Waals surface area contributed by atoms with Gasteiger partial charge in [0.15, 0.2) is 0 Å². The largest absolute Gasteiger partial charge is 0.508 e. The quantitative estimate of drug-likeness (QED) is 0.453. The molecular weight excluding hydrogens is 400 g/mol. The zero-order valence-corrected chi connectivity index (χ0v) is 18.2. The maximum Gasteiger partial charge on any atom is 0.340 e. The third-order valence-electron chi connectivity index (χ3n) is 5.66. The van der Waals surface area contributed by atoms with Crippen LogP contribution in [0.2, 0.25) is 0 Å². The second-order valence-corrected chi connectivity index (χ2v) is 7.84. The van der Waals surface area contributed by atoms with Crippen LogP contribution in [0.15, 0.2) is 83.8 Å². The summed E-state index contributed by atoms with van der Waals surface area (Å²) in [6.45, 7) is 6.10. The van der Waals surface area contributed by atoms with E-state index in [2.05, 4.69) is 6.92 Å². The highest BCUT2D eigenvalue weighted by molar-refractivity contribution is 5.96. The molecule has 0 aliphatic heterocycles. The first-order valence-corrected chi connectivity index (χ1v) is 10.3. The average Bonchev–Trinajstić information content (AvgIpc) is 3.13. The Morgan fingerprint density at radius 1 is 0.906 bits per heavy atom. The van der Waals surface area contributed by atoms with Gasteiger partial charge in [-0.3, -0.25) is 9.36 Å². The first-order chi connectivity index (χ1) is 15.3. The SMILES string of the molecule is Cc1cc(-c2cn(-c3ccccc3)c(=O)n2C(=O)/C=C/c2cccc(O)c2)cc(C)c1C. The van der Waals surface area contributed by atoms with Crippen LogP contribution in [0.25, 0.3) is 23.0 Å². The molecule has 0 unspecified atom stereocenters. The van der Waals surface area contributed by atoms with Crippen LogP contribution in [0.4, 0.5) is 0 Å². The fourth-order valence-corrected chi connectivity index (χ4v) is 3.69. The number of nitrogens with zero attached hydrogens (tertiary/aromatic N) is 2. The number of aromatic nitrogens is 2. The monoisotopic (exact) mass is 424 g/mol. The number of carbonyl (C=O) groups excluding carboxylic acids is 1. The van der Waals surface area contributed by atoms with Crippen molar-refractivity contribution in [2.45, 2.75) is 20.8 Å². The van der Waals surface area contributed by atoms with Crippen LogP contribution < -0.4 is 5.69 Å². The molecule has 0 spiro atoms. The number of para-hydroxylation sites is 1. The number of imidazole rings is 1. The summed E-state index contributed by atoms with van der Waals surface area (Å²) in [5.41, 5.74) is 5.60.